The lowest BCUT2D eigenvalue weighted by Gasteiger charge is -2.02. The van der Waals surface area contributed by atoms with Crippen LogP contribution in [0.5, 0.6) is 0 Å². The van der Waals surface area contributed by atoms with Gasteiger partial charge in [-0.25, -0.2) is 4.98 Å². The summed E-state index contributed by atoms with van der Waals surface area (Å²) in [6.45, 7) is 5.43. The number of aryl methyl sites for hydroxylation is 1. The minimum atomic E-state index is 0.677. The summed E-state index contributed by atoms with van der Waals surface area (Å²) < 4.78 is 1.79. The van der Waals surface area contributed by atoms with Crippen molar-refractivity contribution in [3.05, 3.63) is 24.8 Å². The second-order valence-electron chi connectivity index (χ2n) is 2.70. The lowest BCUT2D eigenvalue weighted by Crippen LogP contribution is -2.03. The van der Waals surface area contributed by atoms with Crippen molar-refractivity contribution in [1.82, 2.24) is 14.8 Å². The maximum absolute atomic E-state index is 5.38. The van der Waals surface area contributed by atoms with Crippen molar-refractivity contribution < 1.29 is 0 Å². The third kappa shape index (κ3) is 2.84. The van der Waals surface area contributed by atoms with Crippen LogP contribution >= 0.6 is 0 Å². The largest absolute Gasteiger partial charge is 0.330 e. The molecule has 0 atom stereocenters. The Kier molecular flexibility index (Phi) is 3.47. The molecule has 4 nitrogen and oxygen atoms in total. The van der Waals surface area contributed by atoms with Crippen LogP contribution < -0.4 is 5.73 Å². The maximum Gasteiger partial charge on any atom is 0.137 e. The van der Waals surface area contributed by atoms with Crippen LogP contribution in [0.4, 0.5) is 0 Å². The predicted octanol–water partition coefficient (Wildman–Crippen LogP) is 0.573. The third-order valence-electron chi connectivity index (χ3n) is 1.66. The molecule has 0 aliphatic rings. The van der Waals surface area contributed by atoms with E-state index in [0.717, 1.165) is 19.4 Å². The molecule has 0 bridgehead atoms. The Morgan fingerprint density at radius 2 is 2.33 bits per heavy atom. The van der Waals surface area contributed by atoms with Crippen molar-refractivity contribution in [2.75, 3.05) is 6.54 Å². The molecule has 0 radical (unpaired) electrons. The maximum atomic E-state index is 5.38. The van der Waals surface area contributed by atoms with Gasteiger partial charge in [0.25, 0.3) is 0 Å². The normalized spacial score (nSPS) is 10.1. The fraction of sp³-hybridized carbons (Fsp3) is 0.500. The average Bonchev–Trinajstić information content (AvgIpc) is 2.53. The fourth-order valence-electron chi connectivity index (χ4n) is 0.950. The predicted molar refractivity (Wildman–Crippen MR) is 47.5 cm³/mol. The molecule has 0 unspecified atom stereocenters. The summed E-state index contributed by atoms with van der Waals surface area (Å²) in [5.41, 5.74) is 6.56. The van der Waals surface area contributed by atoms with E-state index in [2.05, 4.69) is 16.7 Å². The Balaban J connectivity index is 2.22. The molecule has 66 valence electrons. The van der Waals surface area contributed by atoms with Crippen molar-refractivity contribution in [2.45, 2.75) is 19.4 Å². The highest BCUT2D eigenvalue weighted by molar-refractivity contribution is 4.93. The van der Waals surface area contributed by atoms with Gasteiger partial charge in [0.05, 0.1) is 0 Å². The lowest BCUT2D eigenvalue weighted by molar-refractivity contribution is 0.603. The van der Waals surface area contributed by atoms with Crippen LogP contribution in [0.3, 0.4) is 0 Å². The van der Waals surface area contributed by atoms with E-state index in [-0.39, 0.29) is 0 Å². The zero-order valence-electron chi connectivity index (χ0n) is 7.11. The summed E-state index contributed by atoms with van der Waals surface area (Å²) in [5.74, 6) is 0. The zero-order chi connectivity index (χ0) is 8.81. The molecule has 1 aromatic rings. The first-order valence-corrected chi connectivity index (χ1v) is 4.02. The summed E-state index contributed by atoms with van der Waals surface area (Å²) >= 11 is 0. The first-order chi connectivity index (χ1) is 5.83. The van der Waals surface area contributed by atoms with Crippen LogP contribution in [0.2, 0.25) is 0 Å². The third-order valence-corrected chi connectivity index (χ3v) is 1.66. The van der Waals surface area contributed by atoms with Crippen molar-refractivity contribution in [3.8, 4) is 0 Å². The van der Waals surface area contributed by atoms with Gasteiger partial charge in [-0.3, -0.25) is 4.68 Å². The molecule has 0 fully saturated rings. The second-order valence-corrected chi connectivity index (χ2v) is 2.70. The van der Waals surface area contributed by atoms with Crippen LogP contribution in [0, 0.1) is 0 Å². The van der Waals surface area contributed by atoms with Crippen molar-refractivity contribution in [2.24, 2.45) is 5.73 Å². The van der Waals surface area contributed by atoms with E-state index < -0.39 is 0 Å². The number of hydrogen-bond donors (Lipinski definition) is 1. The number of nitrogens with zero attached hydrogens (tertiary/aromatic N) is 3. The van der Waals surface area contributed by atoms with Crippen LogP contribution in [0.1, 0.15) is 12.8 Å². The highest BCUT2D eigenvalue weighted by atomic mass is 15.3. The number of nitrogens with two attached hydrogens (primary N) is 1. The van der Waals surface area contributed by atoms with Crippen molar-refractivity contribution in [1.29, 1.82) is 0 Å². The minimum Gasteiger partial charge on any atom is -0.330 e. The van der Waals surface area contributed by atoms with E-state index in [1.165, 1.54) is 11.9 Å². The van der Waals surface area contributed by atoms with Crippen molar-refractivity contribution >= 4 is 0 Å². The molecule has 2 N–H and O–H groups in total. The molecule has 1 heterocycles. The van der Waals surface area contributed by atoms with Crippen LogP contribution in [-0.2, 0) is 6.54 Å². The van der Waals surface area contributed by atoms with Crippen LogP contribution in [0.15, 0.2) is 24.8 Å². The first-order valence-electron chi connectivity index (χ1n) is 4.02. The van der Waals surface area contributed by atoms with Crippen LogP contribution in [-0.4, -0.2) is 21.3 Å². The van der Waals surface area contributed by atoms with E-state index >= 15 is 0 Å². The summed E-state index contributed by atoms with van der Waals surface area (Å²) in [6, 6.07) is 0. The van der Waals surface area contributed by atoms with E-state index in [1.807, 2.05) is 0 Å². The molecule has 1 rings (SSSR count). The smallest absolute Gasteiger partial charge is 0.137 e. The lowest BCUT2D eigenvalue weighted by atomic mass is 10.1. The van der Waals surface area contributed by atoms with Gasteiger partial charge < -0.3 is 5.73 Å². The molecule has 0 saturated heterocycles. The standard InChI is InChI=1S/C8H14N4/c1-8(2-4-9)3-5-12-7-10-6-11-12/h6-7H,1-5,9H2. The monoisotopic (exact) mass is 166 g/mol. The van der Waals surface area contributed by atoms with Gasteiger partial charge in [0.1, 0.15) is 12.7 Å². The molecule has 0 aromatic carbocycles. The summed E-state index contributed by atoms with van der Waals surface area (Å²) in [4.78, 5) is 3.84. The second kappa shape index (κ2) is 4.66. The summed E-state index contributed by atoms with van der Waals surface area (Å²) in [5, 5.41) is 3.98. The Bertz CT molecular complexity index is 227. The number of rotatable bonds is 5. The molecule has 12 heavy (non-hydrogen) atoms. The van der Waals surface area contributed by atoms with Gasteiger partial charge in [0.15, 0.2) is 0 Å². The summed E-state index contributed by atoms with van der Waals surface area (Å²) in [7, 11) is 0. The minimum absolute atomic E-state index is 0.677. The Morgan fingerprint density at radius 1 is 1.50 bits per heavy atom. The van der Waals surface area contributed by atoms with Gasteiger partial charge in [-0.2, -0.15) is 5.10 Å². The number of aromatic nitrogens is 3. The molecule has 0 aliphatic carbocycles. The Hall–Kier alpha value is -1.16. The fourth-order valence-corrected chi connectivity index (χ4v) is 0.950. The SMILES string of the molecule is C=C(CCN)CCn1cncn1. The molecule has 0 saturated carbocycles. The molecule has 0 amide bonds. The van der Waals surface area contributed by atoms with E-state index in [4.69, 9.17) is 5.73 Å². The van der Waals surface area contributed by atoms with Gasteiger partial charge in [0, 0.05) is 6.54 Å². The highest BCUT2D eigenvalue weighted by Gasteiger charge is 1.94. The quantitative estimate of drug-likeness (QED) is 0.651. The first kappa shape index (κ1) is 8.93. The number of hydrogen-bond acceptors (Lipinski definition) is 3. The summed E-state index contributed by atoms with van der Waals surface area (Å²) in [6.07, 6.45) is 5.07. The Labute approximate surface area is 72.1 Å². The van der Waals surface area contributed by atoms with Gasteiger partial charge >= 0.3 is 0 Å². The average molecular weight is 166 g/mol. The van der Waals surface area contributed by atoms with Gasteiger partial charge in [-0.15, -0.1) is 0 Å². The molecule has 0 spiro atoms. The zero-order valence-corrected chi connectivity index (χ0v) is 7.11. The van der Waals surface area contributed by atoms with Gasteiger partial charge in [-0.05, 0) is 19.4 Å². The van der Waals surface area contributed by atoms with E-state index in [9.17, 15) is 0 Å². The molecule has 1 aromatic heterocycles. The van der Waals surface area contributed by atoms with Gasteiger partial charge in [-0.1, -0.05) is 12.2 Å². The topological polar surface area (TPSA) is 56.7 Å². The van der Waals surface area contributed by atoms with Crippen molar-refractivity contribution in [3.63, 3.8) is 0 Å². The molecular weight excluding hydrogens is 152 g/mol. The van der Waals surface area contributed by atoms with E-state index in [0.29, 0.717) is 6.54 Å². The van der Waals surface area contributed by atoms with Crippen LogP contribution in [0.25, 0.3) is 0 Å². The highest BCUT2D eigenvalue weighted by Crippen LogP contribution is 2.03. The molecular formula is C8H14N4. The van der Waals surface area contributed by atoms with E-state index in [1.54, 1.807) is 11.0 Å². The Morgan fingerprint density at radius 3 is 2.92 bits per heavy atom. The molecule has 0 aliphatic heterocycles. The van der Waals surface area contributed by atoms with Gasteiger partial charge in [0.2, 0.25) is 0 Å². The molecule has 4 heteroatoms.